The average Bonchev–Trinajstić information content (AvgIpc) is 2.97. The summed E-state index contributed by atoms with van der Waals surface area (Å²) in [6.45, 7) is 0. The topological polar surface area (TPSA) is 150 Å². The second-order valence-corrected chi connectivity index (χ2v) is 11.3. The lowest BCUT2D eigenvalue weighted by Crippen LogP contribution is -2.43. The van der Waals surface area contributed by atoms with Crippen molar-refractivity contribution >= 4 is 67.1 Å². The molecule has 4 aromatic rings. The molecule has 0 spiro atoms. The van der Waals surface area contributed by atoms with Crippen molar-refractivity contribution < 1.29 is 0 Å². The van der Waals surface area contributed by atoms with E-state index in [9.17, 15) is 0 Å². The summed E-state index contributed by atoms with van der Waals surface area (Å²) in [6.07, 6.45) is -0.856. The Morgan fingerprint density at radius 3 is 1.33 bits per heavy atom. The highest BCUT2D eigenvalue weighted by atomic mass is 79.9. The van der Waals surface area contributed by atoms with Crippen LogP contribution in [0.2, 0.25) is 0 Å². The second-order valence-electron chi connectivity index (χ2n) is 9.50. The first-order chi connectivity index (χ1) is 20.4. The predicted octanol–water partition coefficient (Wildman–Crippen LogP) is 5.65. The number of nitrogens with two attached hydrogens (primary N) is 2. The van der Waals surface area contributed by atoms with Gasteiger partial charge in [0.2, 0.25) is 11.9 Å². The van der Waals surface area contributed by atoms with Crippen molar-refractivity contribution in [2.75, 3.05) is 10.6 Å². The van der Waals surface area contributed by atoms with E-state index in [1.54, 1.807) is 0 Å². The molecule has 2 aliphatic rings. The van der Waals surface area contributed by atoms with Gasteiger partial charge in [0.1, 0.15) is 0 Å². The van der Waals surface area contributed by atoms with Crippen molar-refractivity contribution in [3.8, 4) is 11.1 Å². The third-order valence-electron chi connectivity index (χ3n) is 6.44. The van der Waals surface area contributed by atoms with Gasteiger partial charge in [-0.15, -0.1) is 0 Å². The highest BCUT2D eigenvalue weighted by molar-refractivity contribution is 9.10. The largest absolute Gasteiger partial charge is 0.370 e. The third-order valence-corrected chi connectivity index (χ3v) is 7.43. The fourth-order valence-electron chi connectivity index (χ4n) is 4.46. The summed E-state index contributed by atoms with van der Waals surface area (Å²) in [6, 6.07) is 31.9. The van der Waals surface area contributed by atoms with Crippen molar-refractivity contribution in [1.29, 1.82) is 0 Å². The first-order valence-electron chi connectivity index (χ1n) is 13.0. The van der Waals surface area contributed by atoms with Crippen LogP contribution in [-0.2, 0) is 0 Å². The molecule has 10 nitrogen and oxygen atoms in total. The zero-order chi connectivity index (χ0) is 29.1. The lowest BCUT2D eigenvalue weighted by molar-refractivity contribution is 0.750. The van der Waals surface area contributed by atoms with Crippen LogP contribution in [-0.4, -0.2) is 23.8 Å². The van der Waals surface area contributed by atoms with E-state index >= 15 is 0 Å². The molecule has 2 heterocycles. The summed E-state index contributed by atoms with van der Waals surface area (Å²) in [4.78, 5) is 18.2. The molecule has 0 amide bonds. The Hall–Kier alpha value is -4.68. The maximum Gasteiger partial charge on any atom is 0.205 e. The highest BCUT2D eigenvalue weighted by Crippen LogP contribution is 2.27. The number of rotatable bonds is 5. The number of anilines is 2. The number of guanidine groups is 4. The average molecular weight is 686 g/mol. The summed E-state index contributed by atoms with van der Waals surface area (Å²) in [5, 5.41) is 12.6. The van der Waals surface area contributed by atoms with Gasteiger partial charge in [0.15, 0.2) is 24.3 Å². The monoisotopic (exact) mass is 684 g/mol. The predicted molar refractivity (Wildman–Crippen MR) is 177 cm³/mol. The minimum Gasteiger partial charge on any atom is -0.370 e. The number of nitrogens with one attached hydrogen (secondary N) is 4. The molecule has 8 N–H and O–H groups in total. The van der Waals surface area contributed by atoms with Gasteiger partial charge in [0.25, 0.3) is 0 Å². The fourth-order valence-corrected chi connectivity index (χ4v) is 5.30. The van der Waals surface area contributed by atoms with Gasteiger partial charge in [-0.05, 0) is 70.8 Å². The van der Waals surface area contributed by atoms with Gasteiger partial charge in [0, 0.05) is 20.3 Å². The normalized spacial score (nSPS) is 18.0. The first-order valence-corrected chi connectivity index (χ1v) is 14.6. The quantitative estimate of drug-likeness (QED) is 0.160. The summed E-state index contributed by atoms with van der Waals surface area (Å²) < 4.78 is 1.92. The Morgan fingerprint density at radius 2 is 0.952 bits per heavy atom. The van der Waals surface area contributed by atoms with Gasteiger partial charge < -0.3 is 22.1 Å². The van der Waals surface area contributed by atoms with Gasteiger partial charge in [-0.2, -0.15) is 0 Å². The maximum absolute atomic E-state index is 6.04. The zero-order valence-electron chi connectivity index (χ0n) is 22.1. The van der Waals surface area contributed by atoms with E-state index in [-0.39, 0.29) is 0 Å². The van der Waals surface area contributed by atoms with Crippen molar-refractivity contribution in [3.05, 3.63) is 117 Å². The lowest BCUT2D eigenvalue weighted by Gasteiger charge is -2.21. The molecular weight excluding hydrogens is 660 g/mol. The highest BCUT2D eigenvalue weighted by Gasteiger charge is 2.18. The van der Waals surface area contributed by atoms with Crippen LogP contribution in [0.5, 0.6) is 0 Å². The van der Waals surface area contributed by atoms with Crippen LogP contribution < -0.4 is 32.7 Å². The van der Waals surface area contributed by atoms with E-state index in [1.807, 2.05) is 97.1 Å². The van der Waals surface area contributed by atoms with Crippen LogP contribution >= 0.6 is 31.9 Å². The Kier molecular flexibility index (Phi) is 7.89. The number of halogens is 2. The van der Waals surface area contributed by atoms with Crippen molar-refractivity contribution in [1.82, 2.24) is 10.6 Å². The van der Waals surface area contributed by atoms with Crippen LogP contribution in [0.25, 0.3) is 11.1 Å². The summed E-state index contributed by atoms with van der Waals surface area (Å²) >= 11 is 7.00. The van der Waals surface area contributed by atoms with E-state index in [1.165, 1.54) is 0 Å². The Balaban J connectivity index is 1.11. The van der Waals surface area contributed by atoms with Crippen molar-refractivity contribution in [2.24, 2.45) is 31.4 Å². The molecule has 0 saturated heterocycles. The number of hydrogen-bond acceptors (Lipinski definition) is 10. The van der Waals surface area contributed by atoms with Crippen LogP contribution in [0.15, 0.2) is 126 Å². The zero-order valence-corrected chi connectivity index (χ0v) is 25.3. The molecule has 0 aromatic heterocycles. The van der Waals surface area contributed by atoms with Gasteiger partial charge in [-0.25, -0.2) is 20.0 Å². The van der Waals surface area contributed by atoms with Gasteiger partial charge in [-0.1, -0.05) is 80.4 Å². The molecule has 12 heteroatoms. The second kappa shape index (κ2) is 12.0. The van der Waals surface area contributed by atoms with Gasteiger partial charge in [-0.3, -0.25) is 10.6 Å². The molecule has 0 aliphatic carbocycles. The summed E-state index contributed by atoms with van der Waals surface area (Å²) in [5.41, 5.74) is 17.8. The Morgan fingerprint density at radius 1 is 0.548 bits per heavy atom. The minimum absolute atomic E-state index is 0.302. The lowest BCUT2D eigenvalue weighted by atomic mass is 10.1. The molecule has 0 radical (unpaired) electrons. The van der Waals surface area contributed by atoms with E-state index in [2.05, 4.69) is 73.1 Å². The standard InChI is InChI=1S/C30H26Br2N10/c31-21-5-1-3-19(15-21)25-37-27(33)41-29(39-25)35-23-11-7-17(8-12-23)18-9-13-24(14-10-18)36-30-40-26(38-28(34)42-30)20-4-2-6-22(32)16-20/h1-16,25-26H,(H4,33,35,37,39,41)(H4,34,36,38,40,42). The molecule has 0 saturated carbocycles. The molecule has 6 rings (SSSR count). The smallest absolute Gasteiger partial charge is 0.205 e. The summed E-state index contributed by atoms with van der Waals surface area (Å²) in [5.74, 6) is 1.66. The third kappa shape index (κ3) is 6.61. The SMILES string of the molecule is NC1=NC(c2cccc(Br)c2)N=C(Nc2ccc(-c3ccc(NC4=NC(c5cccc(Br)c5)N=C(N)N4)cc3)cc2)N1. The molecule has 2 unspecified atom stereocenters. The molecule has 2 atom stereocenters. The van der Waals surface area contributed by atoms with Crippen molar-refractivity contribution in [2.45, 2.75) is 12.3 Å². The fraction of sp³-hybridized carbons (Fsp3) is 0.0667. The maximum atomic E-state index is 6.04. The minimum atomic E-state index is -0.428. The van der Waals surface area contributed by atoms with E-state index < -0.39 is 12.3 Å². The molecule has 2 aliphatic heterocycles. The van der Waals surface area contributed by atoms with Gasteiger partial charge in [0.05, 0.1) is 0 Å². The van der Waals surface area contributed by atoms with Crippen LogP contribution in [0.4, 0.5) is 11.4 Å². The van der Waals surface area contributed by atoms with Crippen LogP contribution in [0, 0.1) is 0 Å². The molecule has 210 valence electrons. The summed E-state index contributed by atoms with van der Waals surface area (Å²) in [7, 11) is 0. The van der Waals surface area contributed by atoms with Gasteiger partial charge >= 0.3 is 0 Å². The number of nitrogens with zero attached hydrogens (tertiary/aromatic N) is 4. The van der Waals surface area contributed by atoms with Crippen molar-refractivity contribution in [3.63, 3.8) is 0 Å². The number of benzene rings is 4. The molecule has 42 heavy (non-hydrogen) atoms. The van der Waals surface area contributed by atoms with Crippen LogP contribution in [0.3, 0.4) is 0 Å². The Labute approximate surface area is 259 Å². The number of aliphatic imine (C=N–C) groups is 4. The van der Waals surface area contributed by atoms with E-state index in [4.69, 9.17) is 11.5 Å². The van der Waals surface area contributed by atoms with E-state index in [0.29, 0.717) is 23.8 Å². The van der Waals surface area contributed by atoms with E-state index in [0.717, 1.165) is 42.6 Å². The molecule has 0 fully saturated rings. The molecular formula is C30H26Br2N10. The molecule has 0 bridgehead atoms. The molecule has 4 aromatic carbocycles. The number of hydrogen-bond donors (Lipinski definition) is 6. The Bertz CT molecular complexity index is 1600. The first kappa shape index (κ1) is 27.5. The van der Waals surface area contributed by atoms with Crippen LogP contribution in [0.1, 0.15) is 23.5 Å².